The van der Waals surface area contributed by atoms with Crippen LogP contribution in [0.15, 0.2) is 70.7 Å². The number of anilines is 2. The highest BCUT2D eigenvalue weighted by molar-refractivity contribution is 7.13. The van der Waals surface area contributed by atoms with Crippen LogP contribution in [-0.2, 0) is 23.8 Å². The number of β-amino-alcohol motifs (C(OH)–C–C–N with tert-alkyl or cyclic N) is 1. The molecule has 0 radical (unpaired) electrons. The monoisotopic (exact) mass is 1090 g/mol. The lowest BCUT2D eigenvalue weighted by molar-refractivity contribution is -0.141. The number of rotatable bonds is 21. The van der Waals surface area contributed by atoms with Crippen LogP contribution in [0.2, 0.25) is 0 Å². The van der Waals surface area contributed by atoms with Crippen LogP contribution < -0.4 is 20.7 Å². The molecule has 7 heterocycles. The number of piperidine rings is 1. The van der Waals surface area contributed by atoms with Gasteiger partial charge in [-0.05, 0) is 79.9 Å². The summed E-state index contributed by atoms with van der Waals surface area (Å²) in [4.78, 5) is 44.5. The van der Waals surface area contributed by atoms with E-state index in [1.165, 1.54) is 4.90 Å². The number of aryl methyl sites for hydroxylation is 1. The SMILES string of the molecule is Cc1ncsc1-c1ccc([C@H](C)NC(=O)[C@@H]2C[C@@H](O)CN2C(=O)[C@@H](c2cc(OCCN3CCN(CCOC4CC(OCCN5CCOC6(CCN(c7cc(-c8ccccc8O)nnc7N)CC6)C5)C4)CC3)no2)C(C)C)cc1. The topological polar surface area (TPSA) is 230 Å². The summed E-state index contributed by atoms with van der Waals surface area (Å²) < 4.78 is 30.8. The number of aliphatic hydroxyl groups excluding tert-OH is 1. The third kappa shape index (κ3) is 13.3. The lowest BCUT2D eigenvalue weighted by Crippen LogP contribution is -2.57. The summed E-state index contributed by atoms with van der Waals surface area (Å²) in [5.74, 6) is -0.238. The van der Waals surface area contributed by atoms with Crippen molar-refractivity contribution in [3.05, 3.63) is 83.2 Å². The van der Waals surface area contributed by atoms with Gasteiger partial charge in [0.2, 0.25) is 11.8 Å². The molecule has 0 bridgehead atoms. The zero-order valence-corrected chi connectivity index (χ0v) is 46.3. The second kappa shape index (κ2) is 25.1. The van der Waals surface area contributed by atoms with Crippen molar-refractivity contribution >= 4 is 34.7 Å². The van der Waals surface area contributed by atoms with Gasteiger partial charge < -0.3 is 54.5 Å². The van der Waals surface area contributed by atoms with E-state index in [2.05, 4.69) is 45.3 Å². The van der Waals surface area contributed by atoms with Crippen molar-refractivity contribution in [2.24, 2.45) is 5.92 Å². The normalized spacial score (nSPS) is 22.9. The van der Waals surface area contributed by atoms with Gasteiger partial charge in [0.05, 0.1) is 77.2 Å². The molecule has 3 aromatic heterocycles. The molecule has 21 heteroatoms. The molecular weight excluding hydrogens is 1010 g/mol. The summed E-state index contributed by atoms with van der Waals surface area (Å²) in [6.07, 6.45) is 3.46. The fourth-order valence-electron chi connectivity index (χ4n) is 11.6. The number of hydrogen-bond donors (Lipinski definition) is 4. The maximum Gasteiger partial charge on any atom is 0.254 e. The Morgan fingerprint density at radius 1 is 0.872 bits per heavy atom. The maximum atomic E-state index is 14.2. The minimum absolute atomic E-state index is 0.0592. The highest BCUT2D eigenvalue weighted by Gasteiger charge is 2.44. The second-order valence-corrected chi connectivity index (χ2v) is 23.0. The summed E-state index contributed by atoms with van der Waals surface area (Å²) in [6.45, 7) is 20.0. The fraction of sp³-hybridized carbons (Fsp3) is 0.579. The average Bonchev–Trinajstić information content (AvgIpc) is 4.22. The van der Waals surface area contributed by atoms with Crippen LogP contribution in [0.25, 0.3) is 21.7 Å². The lowest BCUT2D eigenvalue weighted by Gasteiger charge is -2.48. The number of morpholine rings is 1. The standard InChI is InChI=1S/C57H77N11O9S/c1-37(2)52(56(72)68-34-42(69)29-48(68)55(71)60-38(3)40-9-11-41(12-10-40)53-39(4)59-36-78-53)50-33-51(63-77-50)75-27-22-65-19-17-64(18-20-65)21-25-73-43-30-44(31-43)74-26-23-66-24-28-76-57(35-66)13-15-67(16-14-57)47-32-46(61-62-54(47)58)45-7-5-6-8-49(45)70/h5-12,32-33,36-38,42-44,48,52,69-70H,13-31,34-35H2,1-4H3,(H2,58,62)(H,60,71)/t38-,42+,43?,44?,48-,52+/m0/s1. The number of nitrogen functional groups attached to an aromatic ring is 1. The number of carbonyl (C=O) groups is 2. The predicted octanol–water partition coefficient (Wildman–Crippen LogP) is 5.36. The van der Waals surface area contributed by atoms with Crippen LogP contribution >= 0.6 is 11.3 Å². The van der Waals surface area contributed by atoms with E-state index in [0.29, 0.717) is 55.1 Å². The number of nitrogens with one attached hydrogen (secondary N) is 1. The first-order valence-corrected chi connectivity index (χ1v) is 28.8. The quantitative estimate of drug-likeness (QED) is 0.0725. The van der Waals surface area contributed by atoms with Crippen molar-refractivity contribution in [2.45, 2.75) is 102 Å². The zero-order chi connectivity index (χ0) is 54.3. The van der Waals surface area contributed by atoms with Gasteiger partial charge in [-0.2, -0.15) is 0 Å². The number of nitrogens with zero attached hydrogens (tertiary/aromatic N) is 9. The van der Waals surface area contributed by atoms with Gasteiger partial charge in [0.25, 0.3) is 5.88 Å². The Labute approximate surface area is 461 Å². The molecule has 1 saturated carbocycles. The van der Waals surface area contributed by atoms with Gasteiger partial charge in [0.1, 0.15) is 24.3 Å². The van der Waals surface area contributed by atoms with Crippen molar-refractivity contribution < 1.29 is 43.3 Å². The number of likely N-dealkylation sites (tertiary alicyclic amines) is 1. The molecular formula is C57H77N11O9S. The van der Waals surface area contributed by atoms with Crippen LogP contribution in [-0.4, -0.2) is 197 Å². The van der Waals surface area contributed by atoms with Crippen LogP contribution in [0.4, 0.5) is 11.5 Å². The van der Waals surface area contributed by atoms with Crippen LogP contribution in [0.1, 0.15) is 81.9 Å². The van der Waals surface area contributed by atoms with E-state index in [9.17, 15) is 19.8 Å². The van der Waals surface area contributed by atoms with Crippen molar-refractivity contribution in [1.29, 1.82) is 0 Å². The summed E-state index contributed by atoms with van der Waals surface area (Å²) in [7, 11) is 0. The van der Waals surface area contributed by atoms with Gasteiger partial charge in [0.15, 0.2) is 11.6 Å². The first kappa shape index (κ1) is 55.5. The molecule has 2 aromatic carbocycles. The van der Waals surface area contributed by atoms with Crippen LogP contribution in [0.3, 0.4) is 0 Å². The number of phenolic OH excluding ortho intramolecular Hbond substituents is 1. The highest BCUT2D eigenvalue weighted by Crippen LogP contribution is 2.38. The Bertz CT molecular complexity index is 2780. The molecule has 4 atom stereocenters. The number of benzene rings is 2. The van der Waals surface area contributed by atoms with E-state index in [-0.39, 0.29) is 60.3 Å². The smallest absolute Gasteiger partial charge is 0.254 e. The maximum absolute atomic E-state index is 14.2. The molecule has 4 aliphatic heterocycles. The number of hydrogen-bond acceptors (Lipinski definition) is 19. The molecule has 10 rings (SSSR count). The van der Waals surface area contributed by atoms with Crippen LogP contribution in [0, 0.1) is 12.8 Å². The number of phenols is 1. The van der Waals surface area contributed by atoms with Crippen molar-refractivity contribution in [3.8, 4) is 33.3 Å². The van der Waals surface area contributed by atoms with E-state index < -0.39 is 18.1 Å². The third-order valence-electron chi connectivity index (χ3n) is 16.4. The van der Waals surface area contributed by atoms with Gasteiger partial charge in [-0.3, -0.25) is 24.3 Å². The number of para-hydroxylation sites is 1. The minimum Gasteiger partial charge on any atom is -0.507 e. The number of aliphatic hydroxyl groups is 1. The predicted molar refractivity (Wildman–Crippen MR) is 296 cm³/mol. The number of ether oxygens (including phenoxy) is 4. The van der Waals surface area contributed by atoms with Crippen molar-refractivity contribution in [3.63, 3.8) is 0 Å². The van der Waals surface area contributed by atoms with Crippen LogP contribution in [0.5, 0.6) is 11.6 Å². The Morgan fingerprint density at radius 3 is 2.24 bits per heavy atom. The summed E-state index contributed by atoms with van der Waals surface area (Å²) >= 11 is 1.59. The molecule has 2 amide bonds. The van der Waals surface area contributed by atoms with E-state index >= 15 is 0 Å². The summed E-state index contributed by atoms with van der Waals surface area (Å²) in [5.41, 5.74) is 13.0. The van der Waals surface area contributed by atoms with E-state index in [4.69, 9.17) is 29.2 Å². The molecule has 20 nitrogen and oxygen atoms in total. The molecule has 1 spiro atoms. The number of carbonyl (C=O) groups excluding carboxylic acids is 2. The molecule has 5 N–H and O–H groups in total. The van der Waals surface area contributed by atoms with Gasteiger partial charge in [-0.15, -0.1) is 21.5 Å². The van der Waals surface area contributed by atoms with Crippen molar-refractivity contribution in [2.75, 3.05) is 116 Å². The molecule has 0 unspecified atom stereocenters. The Balaban J connectivity index is 0.583. The third-order valence-corrected chi connectivity index (χ3v) is 17.4. The first-order chi connectivity index (χ1) is 37.8. The van der Waals surface area contributed by atoms with Gasteiger partial charge in [-0.25, -0.2) is 4.98 Å². The largest absolute Gasteiger partial charge is 0.507 e. The Kier molecular flexibility index (Phi) is 17.9. The zero-order valence-electron chi connectivity index (χ0n) is 45.5. The molecule has 5 aliphatic rings. The molecule has 420 valence electrons. The highest BCUT2D eigenvalue weighted by atomic mass is 32.1. The molecule has 78 heavy (non-hydrogen) atoms. The fourth-order valence-corrected chi connectivity index (χ4v) is 12.5. The molecule has 1 aliphatic carbocycles. The van der Waals surface area contributed by atoms with E-state index in [1.807, 2.05) is 75.7 Å². The average molecular weight is 1090 g/mol. The second-order valence-electron chi connectivity index (χ2n) is 22.1. The lowest BCUT2D eigenvalue weighted by atomic mass is 9.89. The van der Waals surface area contributed by atoms with E-state index in [0.717, 1.165) is 125 Å². The van der Waals surface area contributed by atoms with Gasteiger partial charge in [-0.1, -0.05) is 50.2 Å². The van der Waals surface area contributed by atoms with Crippen molar-refractivity contribution in [1.82, 2.24) is 45.3 Å². The Hall–Kier alpha value is -5.78. The molecule has 5 fully saturated rings. The number of piperazine rings is 1. The van der Waals surface area contributed by atoms with Gasteiger partial charge >= 0.3 is 0 Å². The Morgan fingerprint density at radius 2 is 1.56 bits per heavy atom. The number of amides is 2. The van der Waals surface area contributed by atoms with Gasteiger partial charge in [0, 0.05) is 96.6 Å². The number of aromatic hydroxyl groups is 1. The molecule has 5 aromatic rings. The number of thiazole rings is 1. The first-order valence-electron chi connectivity index (χ1n) is 27.9. The minimum atomic E-state index is -0.822. The van der Waals surface area contributed by atoms with E-state index in [1.54, 1.807) is 29.5 Å². The number of aromatic nitrogens is 4. The number of nitrogens with two attached hydrogens (primary N) is 1. The summed E-state index contributed by atoms with van der Waals surface area (Å²) in [6, 6.07) is 17.7. The molecule has 4 saturated heterocycles. The summed E-state index contributed by atoms with van der Waals surface area (Å²) in [5, 5.41) is 36.8.